The van der Waals surface area contributed by atoms with Gasteiger partial charge in [-0.2, -0.15) is 0 Å². The van der Waals surface area contributed by atoms with Crippen LogP contribution in [-0.2, 0) is 4.74 Å². The number of carbonyl (C=O) groups is 1. The van der Waals surface area contributed by atoms with Crippen molar-refractivity contribution in [2.45, 2.75) is 25.8 Å². The summed E-state index contributed by atoms with van der Waals surface area (Å²) in [6, 6.07) is 0.266. The highest BCUT2D eigenvalue weighted by Gasteiger charge is 2.20. The van der Waals surface area contributed by atoms with E-state index in [1.165, 1.54) is 0 Å². The van der Waals surface area contributed by atoms with Gasteiger partial charge in [0.05, 0.1) is 6.04 Å². The molecule has 0 aromatic carbocycles. The van der Waals surface area contributed by atoms with Crippen molar-refractivity contribution in [1.82, 2.24) is 5.32 Å². The van der Waals surface area contributed by atoms with E-state index in [4.69, 9.17) is 0 Å². The maximum absolute atomic E-state index is 10.4. The summed E-state index contributed by atoms with van der Waals surface area (Å²) in [7, 11) is 0. The molecule has 9 heavy (non-hydrogen) atoms. The molecule has 1 aliphatic rings. The lowest BCUT2D eigenvalue weighted by molar-refractivity contribution is 0.176. The van der Waals surface area contributed by atoms with Gasteiger partial charge in [0, 0.05) is 0 Å². The third-order valence-electron chi connectivity index (χ3n) is 1.37. The standard InChI is InChI=1S/C6H11NO2/c1-2-3-5-4-9-6(8)7-5/h5H,2-4H2,1H3,(H,7,8). The van der Waals surface area contributed by atoms with Gasteiger partial charge in [0.15, 0.2) is 0 Å². The minimum Gasteiger partial charge on any atom is -0.447 e. The van der Waals surface area contributed by atoms with Gasteiger partial charge < -0.3 is 10.1 Å². The number of hydrogen-bond donors (Lipinski definition) is 1. The van der Waals surface area contributed by atoms with Crippen LogP contribution in [0.3, 0.4) is 0 Å². The fourth-order valence-electron chi connectivity index (χ4n) is 0.930. The van der Waals surface area contributed by atoms with Gasteiger partial charge in [-0.25, -0.2) is 4.79 Å². The minimum absolute atomic E-state index is 0.266. The molecule has 0 saturated carbocycles. The third kappa shape index (κ3) is 1.59. The second-order valence-electron chi connectivity index (χ2n) is 2.23. The number of nitrogens with one attached hydrogen (secondary N) is 1. The normalized spacial score (nSPS) is 25.4. The van der Waals surface area contributed by atoms with Crippen LogP contribution >= 0.6 is 0 Å². The number of amides is 1. The Morgan fingerprint density at radius 2 is 2.67 bits per heavy atom. The zero-order chi connectivity index (χ0) is 6.69. The fourth-order valence-corrected chi connectivity index (χ4v) is 0.930. The molecule has 0 spiro atoms. The number of carbonyl (C=O) groups excluding carboxylic acids is 1. The molecule has 1 fully saturated rings. The number of rotatable bonds is 2. The minimum atomic E-state index is -0.270. The van der Waals surface area contributed by atoms with Crippen molar-refractivity contribution in [3.8, 4) is 0 Å². The van der Waals surface area contributed by atoms with Gasteiger partial charge in [-0.3, -0.25) is 0 Å². The molecule has 1 heterocycles. The molecular weight excluding hydrogens is 118 g/mol. The van der Waals surface area contributed by atoms with Gasteiger partial charge in [-0.15, -0.1) is 0 Å². The highest BCUT2D eigenvalue weighted by molar-refractivity contribution is 5.69. The van der Waals surface area contributed by atoms with Crippen LogP contribution in [0.25, 0.3) is 0 Å². The molecule has 0 radical (unpaired) electrons. The molecule has 1 atom stereocenters. The number of alkyl carbamates (subject to hydrolysis) is 1. The second-order valence-corrected chi connectivity index (χ2v) is 2.23. The van der Waals surface area contributed by atoms with Gasteiger partial charge >= 0.3 is 6.09 Å². The molecular formula is C6H11NO2. The van der Waals surface area contributed by atoms with Crippen LogP contribution in [0.1, 0.15) is 19.8 Å². The Morgan fingerprint density at radius 1 is 1.89 bits per heavy atom. The maximum atomic E-state index is 10.4. The number of ether oxygens (including phenoxy) is 1. The van der Waals surface area contributed by atoms with E-state index < -0.39 is 0 Å². The van der Waals surface area contributed by atoms with Crippen molar-refractivity contribution in [3.63, 3.8) is 0 Å². The van der Waals surface area contributed by atoms with Crippen LogP contribution in [0.5, 0.6) is 0 Å². The molecule has 0 bridgehead atoms. The molecule has 0 aliphatic carbocycles. The van der Waals surface area contributed by atoms with E-state index in [1.54, 1.807) is 0 Å². The van der Waals surface area contributed by atoms with Crippen LogP contribution in [0, 0.1) is 0 Å². The van der Waals surface area contributed by atoms with E-state index in [9.17, 15) is 4.79 Å². The first kappa shape index (κ1) is 6.39. The van der Waals surface area contributed by atoms with Gasteiger partial charge in [0.1, 0.15) is 6.61 Å². The molecule has 3 nitrogen and oxygen atoms in total. The Morgan fingerprint density at radius 3 is 3.11 bits per heavy atom. The topological polar surface area (TPSA) is 38.3 Å². The summed E-state index contributed by atoms with van der Waals surface area (Å²) in [5, 5.41) is 2.69. The summed E-state index contributed by atoms with van der Waals surface area (Å²) in [5.41, 5.74) is 0. The fraction of sp³-hybridized carbons (Fsp3) is 0.833. The van der Waals surface area contributed by atoms with Gasteiger partial charge in [0.2, 0.25) is 0 Å². The zero-order valence-corrected chi connectivity index (χ0v) is 5.52. The van der Waals surface area contributed by atoms with Gasteiger partial charge in [0.25, 0.3) is 0 Å². The van der Waals surface area contributed by atoms with E-state index >= 15 is 0 Å². The molecule has 1 amide bonds. The van der Waals surface area contributed by atoms with E-state index in [0.717, 1.165) is 12.8 Å². The highest BCUT2D eigenvalue weighted by Crippen LogP contribution is 2.03. The average Bonchev–Trinajstić information content (AvgIpc) is 2.17. The smallest absolute Gasteiger partial charge is 0.407 e. The molecule has 1 aliphatic heterocycles. The Labute approximate surface area is 54.4 Å². The monoisotopic (exact) mass is 129 g/mol. The van der Waals surface area contributed by atoms with E-state index in [1.807, 2.05) is 0 Å². The summed E-state index contributed by atoms with van der Waals surface area (Å²) in [5.74, 6) is 0. The first-order valence-corrected chi connectivity index (χ1v) is 3.26. The van der Waals surface area contributed by atoms with Gasteiger partial charge in [-0.05, 0) is 6.42 Å². The Bertz CT molecular complexity index is 114. The van der Waals surface area contributed by atoms with Crippen molar-refractivity contribution >= 4 is 6.09 Å². The first-order chi connectivity index (χ1) is 4.33. The predicted octanol–water partition coefficient (Wildman–Crippen LogP) is 0.895. The van der Waals surface area contributed by atoms with E-state index in [2.05, 4.69) is 17.0 Å². The third-order valence-corrected chi connectivity index (χ3v) is 1.37. The van der Waals surface area contributed by atoms with Crippen LogP contribution in [0.4, 0.5) is 4.79 Å². The lowest BCUT2D eigenvalue weighted by Gasteiger charge is -2.01. The molecule has 3 heteroatoms. The van der Waals surface area contributed by atoms with Crippen molar-refractivity contribution in [2.24, 2.45) is 0 Å². The van der Waals surface area contributed by atoms with Crippen LogP contribution < -0.4 is 5.32 Å². The summed E-state index contributed by atoms with van der Waals surface area (Å²) < 4.78 is 4.67. The Kier molecular flexibility index (Phi) is 1.92. The molecule has 0 aromatic rings. The van der Waals surface area contributed by atoms with Crippen LogP contribution in [0.15, 0.2) is 0 Å². The number of hydrogen-bond acceptors (Lipinski definition) is 2. The lowest BCUT2D eigenvalue weighted by atomic mass is 10.2. The van der Waals surface area contributed by atoms with Crippen molar-refractivity contribution in [3.05, 3.63) is 0 Å². The first-order valence-electron chi connectivity index (χ1n) is 3.26. The molecule has 1 N–H and O–H groups in total. The summed E-state index contributed by atoms with van der Waals surface area (Å²) in [4.78, 5) is 10.4. The number of cyclic esters (lactones) is 1. The van der Waals surface area contributed by atoms with Gasteiger partial charge in [-0.1, -0.05) is 13.3 Å². The highest BCUT2D eigenvalue weighted by atomic mass is 16.6. The molecule has 1 saturated heterocycles. The van der Waals surface area contributed by atoms with Crippen LogP contribution in [0.2, 0.25) is 0 Å². The average molecular weight is 129 g/mol. The second kappa shape index (κ2) is 2.71. The molecule has 0 aromatic heterocycles. The molecule has 52 valence electrons. The van der Waals surface area contributed by atoms with Crippen molar-refractivity contribution in [2.75, 3.05) is 6.61 Å². The van der Waals surface area contributed by atoms with E-state index in [-0.39, 0.29) is 12.1 Å². The predicted molar refractivity (Wildman–Crippen MR) is 33.2 cm³/mol. The van der Waals surface area contributed by atoms with E-state index in [0.29, 0.717) is 6.61 Å². The zero-order valence-electron chi connectivity index (χ0n) is 5.52. The largest absolute Gasteiger partial charge is 0.447 e. The summed E-state index contributed by atoms with van der Waals surface area (Å²) >= 11 is 0. The SMILES string of the molecule is CCCC1COC(=O)N1. The maximum Gasteiger partial charge on any atom is 0.407 e. The summed E-state index contributed by atoms with van der Waals surface area (Å²) in [6.45, 7) is 2.64. The quantitative estimate of drug-likeness (QED) is 0.601. The molecule has 1 unspecified atom stereocenters. The van der Waals surface area contributed by atoms with Crippen molar-refractivity contribution < 1.29 is 9.53 Å². The van der Waals surface area contributed by atoms with Crippen LogP contribution in [-0.4, -0.2) is 18.7 Å². The Hall–Kier alpha value is -0.730. The summed E-state index contributed by atoms with van der Waals surface area (Å²) in [6.07, 6.45) is 1.84. The van der Waals surface area contributed by atoms with Crippen molar-refractivity contribution in [1.29, 1.82) is 0 Å². The Balaban J connectivity index is 2.22. The lowest BCUT2D eigenvalue weighted by Crippen LogP contribution is -2.25. The molecule has 1 rings (SSSR count).